The van der Waals surface area contributed by atoms with E-state index in [9.17, 15) is 34.5 Å². The number of rotatable bonds is 9. The summed E-state index contributed by atoms with van der Waals surface area (Å²) in [6.45, 7) is 6.78. The van der Waals surface area contributed by atoms with Crippen LogP contribution < -0.4 is 0 Å². The molecule has 12 heteroatoms. The molecule has 3 aliphatic rings. The van der Waals surface area contributed by atoms with Crippen LogP contribution in [0.1, 0.15) is 63.4 Å². The van der Waals surface area contributed by atoms with E-state index in [-0.39, 0.29) is 82.9 Å². The molecule has 0 saturated carbocycles. The van der Waals surface area contributed by atoms with Crippen LogP contribution in [0, 0.1) is 24.8 Å². The van der Waals surface area contributed by atoms with E-state index in [0.717, 1.165) is 5.56 Å². The fraction of sp³-hybridized carbons (Fsp3) is 0.356. The average molecular weight is 856 g/mol. The topological polar surface area (TPSA) is 166 Å². The van der Waals surface area contributed by atoms with Crippen LogP contribution in [-0.4, -0.2) is 81.7 Å². The van der Waals surface area contributed by atoms with Gasteiger partial charge in [-0.15, -0.1) is 0 Å². The fourth-order valence-electron chi connectivity index (χ4n) is 7.90. The molecule has 2 aliphatic carbocycles. The van der Waals surface area contributed by atoms with Crippen molar-refractivity contribution >= 4 is 29.8 Å². The molecule has 11 nitrogen and oxygen atoms in total. The molecule has 6 rings (SSSR count). The van der Waals surface area contributed by atoms with Gasteiger partial charge in [0.05, 0.1) is 18.1 Å². The number of carbonyl (C=O) groups excluding carboxylic acids is 4. The van der Waals surface area contributed by atoms with Gasteiger partial charge in [0.25, 0.3) is 0 Å². The summed E-state index contributed by atoms with van der Waals surface area (Å²) < 4.78 is 23.8. The third-order valence-electron chi connectivity index (χ3n) is 10.8. The van der Waals surface area contributed by atoms with Crippen molar-refractivity contribution in [3.05, 3.63) is 144 Å². The Balaban J connectivity index is 0.000000995. The fourth-order valence-corrected chi connectivity index (χ4v) is 7.90. The van der Waals surface area contributed by atoms with Crippen molar-refractivity contribution < 1.29 is 86.2 Å². The second-order valence-corrected chi connectivity index (χ2v) is 14.4. The first-order valence-corrected chi connectivity index (χ1v) is 18.1. The van der Waals surface area contributed by atoms with E-state index in [2.05, 4.69) is 6.07 Å². The molecular formula is C45H50O11Y-2. The van der Waals surface area contributed by atoms with Gasteiger partial charge in [-0.1, -0.05) is 62.4 Å². The number of ketones is 1. The third-order valence-corrected chi connectivity index (χ3v) is 10.8. The van der Waals surface area contributed by atoms with Crippen molar-refractivity contribution in [3.8, 4) is 0 Å². The maximum absolute atomic E-state index is 14.3. The van der Waals surface area contributed by atoms with Crippen LogP contribution in [0.15, 0.2) is 120 Å². The van der Waals surface area contributed by atoms with Crippen LogP contribution in [-0.2, 0) is 66.0 Å². The molecule has 3 aromatic rings. The van der Waals surface area contributed by atoms with Crippen LogP contribution in [0.2, 0.25) is 0 Å². The number of hydrogen-bond donors (Lipinski definition) is 3. The minimum Gasteiger partial charge on any atom is -0.504 e. The average Bonchev–Trinajstić information content (AvgIpc) is 3.17. The zero-order valence-corrected chi connectivity index (χ0v) is 36.0. The monoisotopic (exact) mass is 855 g/mol. The smallest absolute Gasteiger partial charge is 0.338 e. The Morgan fingerprint density at radius 2 is 1.53 bits per heavy atom. The van der Waals surface area contributed by atoms with E-state index in [1.54, 1.807) is 57.2 Å². The number of fused-ring (bicyclic) bond motifs is 2. The van der Waals surface area contributed by atoms with Crippen molar-refractivity contribution in [2.75, 3.05) is 13.2 Å². The van der Waals surface area contributed by atoms with Gasteiger partial charge < -0.3 is 41.7 Å². The molecule has 6 atom stereocenters. The normalized spacial score (nSPS) is 27.5. The molecule has 1 saturated heterocycles. The molecule has 1 radical (unpaired) electrons. The molecule has 57 heavy (non-hydrogen) atoms. The SMILES string of the molecule is CC(=O)O[C@@]1([C@@H]2/C(C)=C(/O)C(=O)C3=C(C)[C@@H](OC(=O)/C=C/c4ccccc4)C[C@@](O)([C@H]2OC(=O)c2ccccc2)C3(C)C)CO[C@@H]1CCO.[CH3-].[Y].[c-]1ccccc1. The number of esters is 3. The van der Waals surface area contributed by atoms with Gasteiger partial charge in [0.15, 0.2) is 11.4 Å². The van der Waals surface area contributed by atoms with E-state index in [1.165, 1.54) is 32.1 Å². The van der Waals surface area contributed by atoms with Crippen molar-refractivity contribution in [3.63, 3.8) is 0 Å². The van der Waals surface area contributed by atoms with Crippen molar-refractivity contribution in [1.29, 1.82) is 0 Å². The molecule has 301 valence electrons. The van der Waals surface area contributed by atoms with E-state index < -0.39 is 70.3 Å². The summed E-state index contributed by atoms with van der Waals surface area (Å²) in [7, 11) is 0. The number of ether oxygens (including phenoxy) is 4. The molecular weight excluding hydrogens is 805 g/mol. The van der Waals surface area contributed by atoms with Gasteiger partial charge in [0, 0.05) is 76.1 Å². The zero-order chi connectivity index (χ0) is 40.0. The first-order chi connectivity index (χ1) is 26.2. The van der Waals surface area contributed by atoms with Crippen LogP contribution in [0.5, 0.6) is 0 Å². The number of allylic oxidation sites excluding steroid dienone is 1. The number of carbonyl (C=O) groups is 4. The summed E-state index contributed by atoms with van der Waals surface area (Å²) in [5.41, 5.74) is -4.19. The molecule has 3 aromatic carbocycles. The maximum Gasteiger partial charge on any atom is 0.338 e. The molecule has 0 amide bonds. The summed E-state index contributed by atoms with van der Waals surface area (Å²) in [5.74, 6) is -5.19. The second-order valence-electron chi connectivity index (χ2n) is 14.4. The third kappa shape index (κ3) is 9.72. The molecule has 1 aliphatic heterocycles. The summed E-state index contributed by atoms with van der Waals surface area (Å²) >= 11 is 0. The molecule has 1 fully saturated rings. The standard InChI is InChI=1S/C38H42O11.C6H5.CH3.Y/c1-22-27(47-29(41)17-16-25-12-8-6-9-13-25)20-38(45)34(48-35(44)26-14-10-7-11-15-26)31(23(2)32(42)33(43)30(22)36(38,4)5)37(49-24(3)40)21-46-28(37)18-19-39;1-2-4-6-5-3-1;;/h6-17,27-28,31,34,39,42,45H,18-21H2,1-5H3;1-5H;1H3;/q;2*-1;/b17-16+,32-23+;;;/t27-,28+,31+,34-,37-,38+;;;/m0.../s1. The quantitative estimate of drug-likeness (QED) is 0.0949. The Bertz CT molecular complexity index is 1930. The Morgan fingerprint density at radius 1 is 0.930 bits per heavy atom. The molecule has 0 spiro atoms. The number of hydrogen-bond acceptors (Lipinski definition) is 11. The van der Waals surface area contributed by atoms with Crippen LogP contribution in [0.25, 0.3) is 6.08 Å². The Hall–Kier alpha value is -4.26. The molecule has 0 aromatic heterocycles. The largest absolute Gasteiger partial charge is 0.504 e. The van der Waals surface area contributed by atoms with E-state index in [1.807, 2.05) is 48.5 Å². The summed E-state index contributed by atoms with van der Waals surface area (Å²) in [6.07, 6.45) is -1.30. The first-order valence-electron chi connectivity index (χ1n) is 18.1. The van der Waals surface area contributed by atoms with Crippen LogP contribution >= 0.6 is 0 Å². The summed E-state index contributed by atoms with van der Waals surface area (Å²) in [6, 6.07) is 29.6. The van der Waals surface area contributed by atoms with Crippen molar-refractivity contribution in [1.82, 2.24) is 0 Å². The second kappa shape index (κ2) is 19.9. The number of Topliss-reactive ketones (excluding diaryl/α,β-unsaturated/α-hetero) is 1. The maximum atomic E-state index is 14.3. The van der Waals surface area contributed by atoms with Crippen molar-refractivity contribution in [2.45, 2.75) is 77.0 Å². The van der Waals surface area contributed by atoms with Gasteiger partial charge in [-0.25, -0.2) is 9.59 Å². The van der Waals surface area contributed by atoms with Crippen LogP contribution in [0.3, 0.4) is 0 Å². The van der Waals surface area contributed by atoms with E-state index in [4.69, 9.17) is 18.9 Å². The zero-order valence-electron chi connectivity index (χ0n) is 33.1. The first kappa shape index (κ1) is 47.1. The number of aliphatic hydroxyl groups is 3. The minimum absolute atomic E-state index is 0. The van der Waals surface area contributed by atoms with Gasteiger partial charge in [0.1, 0.15) is 23.9 Å². The molecule has 2 bridgehead atoms. The van der Waals surface area contributed by atoms with E-state index >= 15 is 0 Å². The Labute approximate surface area is 359 Å². The molecule has 0 unspecified atom stereocenters. The van der Waals surface area contributed by atoms with Gasteiger partial charge in [-0.05, 0) is 48.8 Å². The van der Waals surface area contributed by atoms with Gasteiger partial charge in [-0.3, -0.25) is 9.59 Å². The predicted octanol–water partition coefficient (Wildman–Crippen LogP) is 6.36. The van der Waals surface area contributed by atoms with Gasteiger partial charge in [-0.2, -0.15) is 36.4 Å². The Kier molecular flexibility index (Phi) is 16.5. The summed E-state index contributed by atoms with van der Waals surface area (Å²) in [4.78, 5) is 54.0. The minimum atomic E-state index is -2.17. The summed E-state index contributed by atoms with van der Waals surface area (Å²) in [5, 5.41) is 34.7. The van der Waals surface area contributed by atoms with Gasteiger partial charge in [0.2, 0.25) is 5.78 Å². The van der Waals surface area contributed by atoms with Crippen LogP contribution in [0.4, 0.5) is 0 Å². The number of aliphatic hydroxyl groups excluding tert-OH is 2. The predicted molar refractivity (Wildman–Crippen MR) is 209 cm³/mol. The molecule has 3 N–H and O–H groups in total. The number of benzene rings is 3. The Morgan fingerprint density at radius 3 is 2.04 bits per heavy atom. The van der Waals surface area contributed by atoms with E-state index in [0.29, 0.717) is 5.57 Å². The molecule has 1 heterocycles. The van der Waals surface area contributed by atoms with Crippen molar-refractivity contribution in [2.24, 2.45) is 11.3 Å². The van der Waals surface area contributed by atoms with Gasteiger partial charge >= 0.3 is 17.9 Å².